The molecule has 0 spiro atoms. The Labute approximate surface area is 115 Å². The Kier molecular flexibility index (Phi) is 4.46. The van der Waals surface area contributed by atoms with E-state index in [0.717, 1.165) is 5.69 Å². The summed E-state index contributed by atoms with van der Waals surface area (Å²) < 4.78 is 4.78. The van der Waals surface area contributed by atoms with Gasteiger partial charge in [0.05, 0.1) is 12.7 Å². The van der Waals surface area contributed by atoms with Crippen LogP contribution in [0.25, 0.3) is 0 Å². The minimum atomic E-state index is -0.278. The predicted molar refractivity (Wildman–Crippen MR) is 77.6 cm³/mol. The molecule has 0 saturated heterocycles. The van der Waals surface area contributed by atoms with Gasteiger partial charge in [0.25, 0.3) is 0 Å². The molecule has 0 aliphatic heterocycles. The van der Waals surface area contributed by atoms with Gasteiger partial charge in [0.2, 0.25) is 0 Å². The number of esters is 1. The summed E-state index contributed by atoms with van der Waals surface area (Å²) in [5.41, 5.74) is 2.84. The summed E-state index contributed by atoms with van der Waals surface area (Å²) in [5, 5.41) is 3.61. The Hall–Kier alpha value is -1.51. The molecule has 104 valence electrons. The fourth-order valence-corrected chi connectivity index (χ4v) is 2.75. The van der Waals surface area contributed by atoms with Crippen LogP contribution < -0.4 is 5.32 Å². The van der Waals surface area contributed by atoms with Crippen molar-refractivity contribution in [2.45, 2.75) is 45.6 Å². The molecular weight excluding hydrogens is 238 g/mol. The van der Waals surface area contributed by atoms with Crippen LogP contribution in [0.5, 0.6) is 0 Å². The second-order valence-corrected chi connectivity index (χ2v) is 5.53. The van der Waals surface area contributed by atoms with Crippen LogP contribution in [-0.2, 0) is 4.74 Å². The maximum atomic E-state index is 11.6. The van der Waals surface area contributed by atoms with Crippen LogP contribution in [0, 0.1) is 12.8 Å². The average Bonchev–Trinajstić information content (AvgIpc) is 2.42. The Morgan fingerprint density at radius 2 is 2.05 bits per heavy atom. The summed E-state index contributed by atoms with van der Waals surface area (Å²) >= 11 is 0. The predicted octanol–water partition coefficient (Wildman–Crippen LogP) is 3.77. The van der Waals surface area contributed by atoms with E-state index in [9.17, 15) is 4.79 Å². The summed E-state index contributed by atoms with van der Waals surface area (Å²) in [6.45, 7) is 4.37. The third kappa shape index (κ3) is 3.28. The standard InChI is InChI=1S/C16H23NO2/c1-11-6-4-5-7-14(11)17-15-10-13(16(18)19-3)9-8-12(15)2/h8-11,14,17H,4-7H2,1-3H3. The first-order valence-electron chi connectivity index (χ1n) is 7.07. The maximum Gasteiger partial charge on any atom is 0.337 e. The summed E-state index contributed by atoms with van der Waals surface area (Å²) in [4.78, 5) is 11.6. The van der Waals surface area contributed by atoms with Gasteiger partial charge in [0.1, 0.15) is 0 Å². The van der Waals surface area contributed by atoms with Crippen LogP contribution in [0.15, 0.2) is 18.2 Å². The highest BCUT2D eigenvalue weighted by Crippen LogP contribution is 2.28. The molecule has 0 bridgehead atoms. The lowest BCUT2D eigenvalue weighted by Crippen LogP contribution is -2.30. The number of hydrogen-bond donors (Lipinski definition) is 1. The first kappa shape index (κ1) is 13.9. The lowest BCUT2D eigenvalue weighted by atomic mass is 9.85. The van der Waals surface area contributed by atoms with Crippen LogP contribution in [0.4, 0.5) is 5.69 Å². The van der Waals surface area contributed by atoms with Crippen LogP contribution in [-0.4, -0.2) is 19.1 Å². The summed E-state index contributed by atoms with van der Waals surface area (Å²) in [6, 6.07) is 6.21. The van der Waals surface area contributed by atoms with E-state index >= 15 is 0 Å². The van der Waals surface area contributed by atoms with Crippen molar-refractivity contribution in [1.29, 1.82) is 0 Å². The number of methoxy groups -OCH3 is 1. The Morgan fingerprint density at radius 1 is 1.32 bits per heavy atom. The van der Waals surface area contributed by atoms with Crippen molar-refractivity contribution < 1.29 is 9.53 Å². The third-order valence-electron chi connectivity index (χ3n) is 4.11. The minimum Gasteiger partial charge on any atom is -0.465 e. The molecule has 1 N–H and O–H groups in total. The largest absolute Gasteiger partial charge is 0.465 e. The SMILES string of the molecule is COC(=O)c1ccc(C)c(NC2CCCCC2C)c1. The van der Waals surface area contributed by atoms with E-state index in [0.29, 0.717) is 17.5 Å². The van der Waals surface area contributed by atoms with Crippen LogP contribution in [0.1, 0.15) is 48.5 Å². The topological polar surface area (TPSA) is 38.3 Å². The summed E-state index contributed by atoms with van der Waals surface area (Å²) in [7, 11) is 1.42. The number of rotatable bonds is 3. The Morgan fingerprint density at radius 3 is 2.74 bits per heavy atom. The third-order valence-corrected chi connectivity index (χ3v) is 4.11. The van der Waals surface area contributed by atoms with Gasteiger partial charge >= 0.3 is 5.97 Å². The molecule has 1 aromatic carbocycles. The molecule has 19 heavy (non-hydrogen) atoms. The van der Waals surface area contributed by atoms with Gasteiger partial charge in [-0.05, 0) is 43.4 Å². The van der Waals surface area contributed by atoms with E-state index < -0.39 is 0 Å². The fourth-order valence-electron chi connectivity index (χ4n) is 2.75. The Bertz CT molecular complexity index is 456. The van der Waals surface area contributed by atoms with Crippen LogP contribution in [0.3, 0.4) is 0 Å². The first-order valence-corrected chi connectivity index (χ1v) is 7.07. The van der Waals surface area contributed by atoms with Crippen molar-refractivity contribution in [3.8, 4) is 0 Å². The molecule has 0 heterocycles. The molecule has 1 aromatic rings. The molecule has 1 aliphatic carbocycles. The molecule has 2 unspecified atom stereocenters. The number of aryl methyl sites for hydroxylation is 1. The Balaban J connectivity index is 2.16. The molecule has 0 aromatic heterocycles. The first-order chi connectivity index (χ1) is 9.11. The molecular formula is C16H23NO2. The van der Waals surface area contributed by atoms with E-state index in [1.807, 2.05) is 18.2 Å². The molecule has 1 saturated carbocycles. The lowest BCUT2D eigenvalue weighted by Gasteiger charge is -2.31. The van der Waals surface area contributed by atoms with Gasteiger partial charge in [-0.2, -0.15) is 0 Å². The molecule has 0 amide bonds. The second kappa shape index (κ2) is 6.09. The smallest absolute Gasteiger partial charge is 0.337 e. The molecule has 3 nitrogen and oxygen atoms in total. The maximum absolute atomic E-state index is 11.6. The number of carbonyl (C=O) groups is 1. The fraction of sp³-hybridized carbons (Fsp3) is 0.562. The number of hydrogen-bond acceptors (Lipinski definition) is 3. The lowest BCUT2D eigenvalue weighted by molar-refractivity contribution is 0.0601. The normalized spacial score (nSPS) is 22.9. The van der Waals surface area contributed by atoms with Crippen molar-refractivity contribution in [2.75, 3.05) is 12.4 Å². The highest BCUT2D eigenvalue weighted by molar-refractivity contribution is 5.90. The molecule has 2 rings (SSSR count). The average molecular weight is 261 g/mol. The van der Waals surface area contributed by atoms with Gasteiger partial charge in [0, 0.05) is 11.7 Å². The van der Waals surface area contributed by atoms with E-state index in [1.165, 1.54) is 38.4 Å². The second-order valence-electron chi connectivity index (χ2n) is 5.53. The summed E-state index contributed by atoms with van der Waals surface area (Å²) in [6.07, 6.45) is 5.12. The molecule has 1 aliphatic rings. The molecule has 3 heteroatoms. The van der Waals surface area contributed by atoms with Crippen molar-refractivity contribution in [2.24, 2.45) is 5.92 Å². The minimum absolute atomic E-state index is 0.278. The molecule has 1 fully saturated rings. The van der Waals surface area contributed by atoms with E-state index in [4.69, 9.17) is 4.74 Å². The quantitative estimate of drug-likeness (QED) is 0.842. The zero-order valence-corrected chi connectivity index (χ0v) is 12.0. The zero-order valence-electron chi connectivity index (χ0n) is 12.0. The summed E-state index contributed by atoms with van der Waals surface area (Å²) in [5.74, 6) is 0.412. The van der Waals surface area contributed by atoms with Gasteiger partial charge in [-0.3, -0.25) is 0 Å². The highest BCUT2D eigenvalue weighted by Gasteiger charge is 2.21. The van der Waals surface area contributed by atoms with Gasteiger partial charge in [-0.15, -0.1) is 0 Å². The monoisotopic (exact) mass is 261 g/mol. The van der Waals surface area contributed by atoms with Crippen molar-refractivity contribution >= 4 is 11.7 Å². The zero-order chi connectivity index (χ0) is 13.8. The van der Waals surface area contributed by atoms with Gasteiger partial charge in [-0.25, -0.2) is 4.79 Å². The van der Waals surface area contributed by atoms with E-state index in [2.05, 4.69) is 19.2 Å². The number of benzene rings is 1. The van der Waals surface area contributed by atoms with Crippen LogP contribution in [0.2, 0.25) is 0 Å². The van der Waals surface area contributed by atoms with Gasteiger partial charge in [-0.1, -0.05) is 25.8 Å². The highest BCUT2D eigenvalue weighted by atomic mass is 16.5. The number of carbonyl (C=O) groups excluding carboxylic acids is 1. The number of anilines is 1. The van der Waals surface area contributed by atoms with Gasteiger partial charge in [0.15, 0.2) is 0 Å². The van der Waals surface area contributed by atoms with Gasteiger partial charge < -0.3 is 10.1 Å². The van der Waals surface area contributed by atoms with Crippen molar-refractivity contribution in [3.05, 3.63) is 29.3 Å². The molecule has 2 atom stereocenters. The molecule has 0 radical (unpaired) electrons. The van der Waals surface area contributed by atoms with E-state index in [-0.39, 0.29) is 5.97 Å². The van der Waals surface area contributed by atoms with Crippen molar-refractivity contribution in [1.82, 2.24) is 0 Å². The van der Waals surface area contributed by atoms with E-state index in [1.54, 1.807) is 0 Å². The van der Waals surface area contributed by atoms with Crippen molar-refractivity contribution in [3.63, 3.8) is 0 Å². The number of ether oxygens (including phenoxy) is 1. The number of nitrogens with one attached hydrogen (secondary N) is 1. The van der Waals surface area contributed by atoms with Crippen LogP contribution >= 0.6 is 0 Å².